The van der Waals surface area contributed by atoms with Gasteiger partial charge < -0.3 is 14.7 Å². The van der Waals surface area contributed by atoms with Gasteiger partial charge in [-0.1, -0.05) is 18.2 Å². The number of hydrogen-bond acceptors (Lipinski definition) is 5. The Balaban J connectivity index is 2.19. The van der Waals surface area contributed by atoms with E-state index in [2.05, 4.69) is 10.5 Å². The van der Waals surface area contributed by atoms with Gasteiger partial charge >= 0.3 is 0 Å². The van der Waals surface area contributed by atoms with E-state index < -0.39 is 0 Å². The summed E-state index contributed by atoms with van der Waals surface area (Å²) < 4.78 is 5.22. The summed E-state index contributed by atoms with van der Waals surface area (Å²) in [6, 6.07) is 13.4. The predicted molar refractivity (Wildman–Crippen MR) is 89.7 cm³/mol. The Morgan fingerprint density at radius 1 is 1.23 bits per heavy atom. The van der Waals surface area contributed by atoms with E-state index >= 15 is 0 Å². The third kappa shape index (κ3) is 4.23. The van der Waals surface area contributed by atoms with Crippen molar-refractivity contribution in [3.8, 4) is 11.5 Å². The molecule has 0 aliphatic heterocycles. The molecule has 0 bridgehead atoms. The Labute approximate surface area is 130 Å². The first-order valence-corrected chi connectivity index (χ1v) is 6.99. The Morgan fingerprint density at radius 3 is 2.59 bits per heavy atom. The van der Waals surface area contributed by atoms with Crippen molar-refractivity contribution in [2.45, 2.75) is 6.54 Å². The van der Waals surface area contributed by atoms with Crippen LogP contribution in [0.15, 0.2) is 47.6 Å². The molecule has 2 N–H and O–H groups in total. The first-order valence-electron chi connectivity index (χ1n) is 6.99. The summed E-state index contributed by atoms with van der Waals surface area (Å²) in [6.07, 6.45) is 1.70. The highest BCUT2D eigenvalue weighted by Gasteiger charge is 2.10. The minimum Gasteiger partial charge on any atom is -0.504 e. The van der Waals surface area contributed by atoms with Crippen molar-refractivity contribution in [2.24, 2.45) is 5.10 Å². The number of para-hydroxylation sites is 1. The molecule has 2 aromatic rings. The summed E-state index contributed by atoms with van der Waals surface area (Å²) in [5, 5.41) is 14.4. The predicted octanol–water partition coefficient (Wildman–Crippen LogP) is 2.91. The molecule has 22 heavy (non-hydrogen) atoms. The molecule has 0 unspecified atom stereocenters. The van der Waals surface area contributed by atoms with Crippen molar-refractivity contribution >= 4 is 11.9 Å². The standard InChI is InChI=1S/C17H21N3O2/c1-20(2)12-14-9-13(10-16(22-3)17(14)21)11-18-19-15-7-5-4-6-8-15/h4-11,19,21H,12H2,1-3H3. The van der Waals surface area contributed by atoms with E-state index in [1.54, 1.807) is 12.3 Å². The number of methoxy groups -OCH3 is 1. The van der Waals surface area contributed by atoms with E-state index in [9.17, 15) is 5.11 Å². The zero-order valence-electron chi connectivity index (χ0n) is 13.1. The Hall–Kier alpha value is -2.53. The molecular weight excluding hydrogens is 278 g/mol. The number of nitrogens with zero attached hydrogens (tertiary/aromatic N) is 2. The Morgan fingerprint density at radius 2 is 1.95 bits per heavy atom. The van der Waals surface area contributed by atoms with Crippen LogP contribution in [-0.4, -0.2) is 37.4 Å². The number of aromatic hydroxyl groups is 1. The second-order valence-corrected chi connectivity index (χ2v) is 5.20. The van der Waals surface area contributed by atoms with Crippen LogP contribution in [0.5, 0.6) is 11.5 Å². The molecule has 0 aliphatic rings. The number of phenols is 1. The van der Waals surface area contributed by atoms with Crippen LogP contribution in [0.2, 0.25) is 0 Å². The number of nitrogens with one attached hydrogen (secondary N) is 1. The topological polar surface area (TPSA) is 57.1 Å². The minimum absolute atomic E-state index is 0.171. The van der Waals surface area contributed by atoms with E-state index in [1.807, 2.05) is 55.4 Å². The molecule has 2 rings (SSSR count). The van der Waals surface area contributed by atoms with E-state index in [0.717, 1.165) is 16.8 Å². The molecule has 0 radical (unpaired) electrons. The van der Waals surface area contributed by atoms with Crippen molar-refractivity contribution in [1.29, 1.82) is 0 Å². The average molecular weight is 299 g/mol. The highest BCUT2D eigenvalue weighted by molar-refractivity contribution is 5.82. The van der Waals surface area contributed by atoms with Crippen LogP contribution in [0.4, 0.5) is 5.69 Å². The molecular formula is C17H21N3O2. The monoisotopic (exact) mass is 299 g/mol. The van der Waals surface area contributed by atoms with Gasteiger partial charge in [-0.25, -0.2) is 0 Å². The van der Waals surface area contributed by atoms with Gasteiger partial charge in [-0.15, -0.1) is 0 Å². The fourth-order valence-corrected chi connectivity index (χ4v) is 2.07. The summed E-state index contributed by atoms with van der Waals surface area (Å²) in [4.78, 5) is 1.98. The maximum atomic E-state index is 10.2. The molecule has 0 saturated carbocycles. The van der Waals surface area contributed by atoms with Crippen LogP contribution in [0.1, 0.15) is 11.1 Å². The third-order valence-corrected chi connectivity index (χ3v) is 3.06. The van der Waals surface area contributed by atoms with Crippen LogP contribution >= 0.6 is 0 Å². The number of hydrogen-bond donors (Lipinski definition) is 2. The van der Waals surface area contributed by atoms with Crippen LogP contribution in [0.3, 0.4) is 0 Å². The zero-order chi connectivity index (χ0) is 15.9. The molecule has 0 atom stereocenters. The number of phenolic OH excluding ortho intramolecular Hbond substituents is 1. The summed E-state index contributed by atoms with van der Waals surface area (Å²) in [5.74, 6) is 0.616. The number of anilines is 1. The van der Waals surface area contributed by atoms with Gasteiger partial charge in [0, 0.05) is 12.1 Å². The molecule has 116 valence electrons. The molecule has 2 aromatic carbocycles. The van der Waals surface area contributed by atoms with E-state index in [0.29, 0.717) is 12.3 Å². The number of ether oxygens (including phenoxy) is 1. The van der Waals surface area contributed by atoms with Crippen molar-refractivity contribution in [2.75, 3.05) is 26.6 Å². The molecule has 0 amide bonds. The van der Waals surface area contributed by atoms with Gasteiger partial charge in [-0.2, -0.15) is 5.10 Å². The quantitative estimate of drug-likeness (QED) is 0.636. The highest BCUT2D eigenvalue weighted by atomic mass is 16.5. The summed E-state index contributed by atoms with van der Waals surface area (Å²) in [5.41, 5.74) is 5.53. The molecule has 0 fully saturated rings. The van der Waals surface area contributed by atoms with Crippen LogP contribution in [-0.2, 0) is 6.54 Å². The van der Waals surface area contributed by atoms with E-state index in [1.165, 1.54) is 7.11 Å². The fourth-order valence-electron chi connectivity index (χ4n) is 2.07. The number of hydrazone groups is 1. The van der Waals surface area contributed by atoms with Crippen LogP contribution < -0.4 is 10.2 Å². The number of benzene rings is 2. The van der Waals surface area contributed by atoms with Crippen LogP contribution in [0, 0.1) is 0 Å². The molecule has 0 aliphatic carbocycles. The van der Waals surface area contributed by atoms with Gasteiger partial charge in [0.05, 0.1) is 19.0 Å². The van der Waals surface area contributed by atoms with Gasteiger partial charge in [-0.3, -0.25) is 5.43 Å². The SMILES string of the molecule is COc1cc(C=NNc2ccccc2)cc(CN(C)C)c1O. The lowest BCUT2D eigenvalue weighted by molar-refractivity contribution is 0.354. The minimum atomic E-state index is 0.171. The zero-order valence-corrected chi connectivity index (χ0v) is 13.1. The second kappa shape index (κ2) is 7.47. The maximum absolute atomic E-state index is 10.2. The smallest absolute Gasteiger partial charge is 0.162 e. The van der Waals surface area contributed by atoms with Crippen molar-refractivity contribution < 1.29 is 9.84 Å². The lowest BCUT2D eigenvalue weighted by Crippen LogP contribution is -2.11. The van der Waals surface area contributed by atoms with Crippen molar-refractivity contribution in [3.63, 3.8) is 0 Å². The Kier molecular flexibility index (Phi) is 5.38. The fraction of sp³-hybridized carbons (Fsp3) is 0.235. The molecule has 5 heteroatoms. The summed E-state index contributed by atoms with van der Waals surface area (Å²) in [7, 11) is 5.44. The highest BCUT2D eigenvalue weighted by Crippen LogP contribution is 2.31. The van der Waals surface area contributed by atoms with Crippen molar-refractivity contribution in [1.82, 2.24) is 4.90 Å². The van der Waals surface area contributed by atoms with Gasteiger partial charge in [-0.05, 0) is 43.9 Å². The first-order chi connectivity index (χ1) is 10.6. The van der Waals surface area contributed by atoms with E-state index in [-0.39, 0.29) is 5.75 Å². The first kappa shape index (κ1) is 15.9. The van der Waals surface area contributed by atoms with Gasteiger partial charge in [0.25, 0.3) is 0 Å². The molecule has 0 heterocycles. The van der Waals surface area contributed by atoms with Crippen LogP contribution in [0.25, 0.3) is 0 Å². The number of rotatable bonds is 6. The third-order valence-electron chi connectivity index (χ3n) is 3.06. The lowest BCUT2D eigenvalue weighted by Gasteiger charge is -2.14. The summed E-state index contributed by atoms with van der Waals surface area (Å²) >= 11 is 0. The molecule has 0 aromatic heterocycles. The van der Waals surface area contributed by atoms with Gasteiger partial charge in [0.1, 0.15) is 0 Å². The van der Waals surface area contributed by atoms with Crippen molar-refractivity contribution in [3.05, 3.63) is 53.6 Å². The second-order valence-electron chi connectivity index (χ2n) is 5.20. The molecule has 0 spiro atoms. The Bertz CT molecular complexity index is 640. The molecule has 0 saturated heterocycles. The summed E-state index contributed by atoms with van der Waals surface area (Å²) in [6.45, 7) is 0.621. The normalized spacial score (nSPS) is 11.1. The molecule has 5 nitrogen and oxygen atoms in total. The average Bonchev–Trinajstić information content (AvgIpc) is 2.50. The lowest BCUT2D eigenvalue weighted by atomic mass is 10.1. The maximum Gasteiger partial charge on any atom is 0.162 e. The van der Waals surface area contributed by atoms with Gasteiger partial charge in [0.2, 0.25) is 0 Å². The largest absolute Gasteiger partial charge is 0.504 e. The van der Waals surface area contributed by atoms with Gasteiger partial charge in [0.15, 0.2) is 11.5 Å². The van der Waals surface area contributed by atoms with E-state index in [4.69, 9.17) is 4.74 Å².